The van der Waals surface area contributed by atoms with Gasteiger partial charge in [0.05, 0.1) is 24.0 Å². The van der Waals surface area contributed by atoms with E-state index in [9.17, 15) is 26.7 Å². The molecular formula is C29H27F5N4O. The van der Waals surface area contributed by atoms with Crippen LogP contribution in [0.15, 0.2) is 30.5 Å². The molecule has 1 aromatic heterocycles. The number of aromatic nitrogens is 2. The minimum Gasteiger partial charge on any atom is -0.399 e. The van der Waals surface area contributed by atoms with Gasteiger partial charge in [0.15, 0.2) is 29.1 Å². The van der Waals surface area contributed by atoms with Crippen molar-refractivity contribution in [3.8, 4) is 11.3 Å². The van der Waals surface area contributed by atoms with E-state index in [1.54, 1.807) is 12.1 Å². The summed E-state index contributed by atoms with van der Waals surface area (Å²) in [6.07, 6.45) is 7.98. The normalized spacial score (nSPS) is 25.2. The van der Waals surface area contributed by atoms with Crippen molar-refractivity contribution in [2.24, 2.45) is 23.2 Å². The topological polar surface area (TPSA) is 80.9 Å². The molecule has 0 saturated heterocycles. The number of hydrogen-bond donors (Lipinski definition) is 2. The lowest BCUT2D eigenvalue weighted by Crippen LogP contribution is -2.47. The van der Waals surface area contributed by atoms with Crippen molar-refractivity contribution in [1.29, 1.82) is 0 Å². The Morgan fingerprint density at radius 2 is 1.41 bits per heavy atom. The molecule has 4 aliphatic rings. The molecule has 10 heteroatoms. The van der Waals surface area contributed by atoms with Crippen LogP contribution in [0.25, 0.3) is 11.3 Å². The maximum atomic E-state index is 14.2. The van der Waals surface area contributed by atoms with Crippen LogP contribution in [0.5, 0.6) is 0 Å². The van der Waals surface area contributed by atoms with E-state index in [0.29, 0.717) is 41.2 Å². The second-order valence-corrected chi connectivity index (χ2v) is 11.5. The highest BCUT2D eigenvalue weighted by molar-refractivity contribution is 5.92. The van der Waals surface area contributed by atoms with E-state index in [-0.39, 0.29) is 11.2 Å². The van der Waals surface area contributed by atoms with Gasteiger partial charge in [-0.1, -0.05) is 12.1 Å². The summed E-state index contributed by atoms with van der Waals surface area (Å²) in [4.78, 5) is 22.1. The first-order valence-electron chi connectivity index (χ1n) is 13.1. The fraction of sp³-hybridized carbons (Fsp3) is 0.414. The minimum absolute atomic E-state index is 0.0318. The summed E-state index contributed by atoms with van der Waals surface area (Å²) < 4.78 is 69.2. The monoisotopic (exact) mass is 542 g/mol. The number of hydrogen-bond acceptors (Lipinski definition) is 4. The highest BCUT2D eigenvalue weighted by atomic mass is 19.2. The smallest absolute Gasteiger partial charge is 0.230 e. The molecule has 4 fully saturated rings. The van der Waals surface area contributed by atoms with Gasteiger partial charge in [0.25, 0.3) is 0 Å². The molecule has 39 heavy (non-hydrogen) atoms. The van der Waals surface area contributed by atoms with Gasteiger partial charge in [-0.3, -0.25) is 4.79 Å². The van der Waals surface area contributed by atoms with Crippen molar-refractivity contribution in [2.75, 3.05) is 11.1 Å². The second-order valence-electron chi connectivity index (χ2n) is 11.5. The highest BCUT2D eigenvalue weighted by Crippen LogP contribution is 2.61. The van der Waals surface area contributed by atoms with Crippen LogP contribution >= 0.6 is 0 Å². The number of carbonyl (C=O) groups is 1. The second kappa shape index (κ2) is 9.57. The van der Waals surface area contributed by atoms with Gasteiger partial charge in [-0.25, -0.2) is 31.9 Å². The first kappa shape index (κ1) is 25.7. The molecule has 4 bridgehead atoms. The Morgan fingerprint density at radius 3 is 1.97 bits per heavy atom. The largest absolute Gasteiger partial charge is 0.399 e. The maximum absolute atomic E-state index is 14.2. The summed E-state index contributed by atoms with van der Waals surface area (Å²) in [6.45, 7) is 0. The van der Waals surface area contributed by atoms with Crippen molar-refractivity contribution in [1.82, 2.24) is 9.97 Å². The molecule has 4 aliphatic carbocycles. The third-order valence-electron chi connectivity index (χ3n) is 8.65. The van der Waals surface area contributed by atoms with Crippen LogP contribution in [0.2, 0.25) is 0 Å². The number of nitrogen functional groups attached to an aromatic ring is 1. The van der Waals surface area contributed by atoms with Crippen molar-refractivity contribution >= 4 is 17.4 Å². The molecule has 0 radical (unpaired) electrons. The van der Waals surface area contributed by atoms with Crippen molar-refractivity contribution in [2.45, 2.75) is 51.4 Å². The van der Waals surface area contributed by atoms with Crippen molar-refractivity contribution < 1.29 is 26.7 Å². The molecular weight excluding hydrogens is 515 g/mol. The van der Waals surface area contributed by atoms with E-state index >= 15 is 0 Å². The predicted octanol–water partition coefficient (Wildman–Crippen LogP) is 6.36. The summed E-state index contributed by atoms with van der Waals surface area (Å²) in [7, 11) is 0. The number of halogens is 5. The van der Waals surface area contributed by atoms with Crippen LogP contribution in [0.1, 0.15) is 49.8 Å². The van der Waals surface area contributed by atoms with Crippen LogP contribution < -0.4 is 11.1 Å². The molecule has 0 atom stereocenters. The third kappa shape index (κ3) is 4.74. The number of benzene rings is 2. The zero-order valence-electron chi connectivity index (χ0n) is 21.0. The number of nitrogens with zero attached hydrogens (tertiary/aromatic N) is 2. The number of rotatable bonds is 6. The fourth-order valence-corrected chi connectivity index (χ4v) is 7.45. The average molecular weight is 543 g/mol. The average Bonchev–Trinajstić information content (AvgIpc) is 2.89. The van der Waals surface area contributed by atoms with Gasteiger partial charge in [-0.05, 0) is 80.2 Å². The summed E-state index contributed by atoms with van der Waals surface area (Å²) >= 11 is 0. The molecule has 1 heterocycles. The van der Waals surface area contributed by atoms with Crippen LogP contribution in [0.3, 0.4) is 0 Å². The Bertz CT molecular complexity index is 1390. The lowest BCUT2D eigenvalue weighted by molar-refractivity contribution is -0.115. The number of nitrogens with one attached hydrogen (secondary N) is 1. The van der Waals surface area contributed by atoms with Crippen LogP contribution in [-0.2, 0) is 17.6 Å². The van der Waals surface area contributed by atoms with Crippen molar-refractivity contribution in [3.05, 3.63) is 70.8 Å². The number of anilines is 2. The third-order valence-corrected chi connectivity index (χ3v) is 8.65. The number of amides is 1. The first-order chi connectivity index (χ1) is 18.6. The molecule has 0 unspecified atom stereocenters. The van der Waals surface area contributed by atoms with Gasteiger partial charge in [0.1, 0.15) is 0 Å². The predicted molar refractivity (Wildman–Crippen MR) is 135 cm³/mol. The van der Waals surface area contributed by atoms with E-state index in [0.717, 1.165) is 24.8 Å². The van der Waals surface area contributed by atoms with Crippen molar-refractivity contribution in [3.63, 3.8) is 0 Å². The standard InChI is InChI=1S/C29H27F5N4O/c30-23-19(24(31)26(33)27(34)25(23)32)8-22(39)38-28-20(37-21(13-36-28)17-1-3-18(35)4-2-17)12-29-9-14-5-15(10-29)7-16(6-14)11-29/h1-4,13-16H,5-12,35H2,(H,36,38,39). The Labute approximate surface area is 222 Å². The van der Waals surface area contributed by atoms with Crippen LogP contribution in [-0.4, -0.2) is 15.9 Å². The summed E-state index contributed by atoms with van der Waals surface area (Å²) in [5.41, 5.74) is 7.14. The summed E-state index contributed by atoms with van der Waals surface area (Å²) in [6, 6.07) is 7.12. The van der Waals surface area contributed by atoms with Gasteiger partial charge in [-0.15, -0.1) is 0 Å². The Balaban J connectivity index is 1.32. The van der Waals surface area contributed by atoms with E-state index in [1.165, 1.54) is 25.5 Å². The quantitative estimate of drug-likeness (QED) is 0.164. The molecule has 0 spiro atoms. The van der Waals surface area contributed by atoms with Gasteiger partial charge >= 0.3 is 0 Å². The SMILES string of the molecule is Nc1ccc(-c2cnc(NC(=O)Cc3c(F)c(F)c(F)c(F)c3F)c(CC34CC5CC(CC(C5)C3)C4)n2)cc1. The molecule has 2 aromatic carbocycles. The Morgan fingerprint density at radius 1 is 0.872 bits per heavy atom. The molecule has 3 N–H and O–H groups in total. The fourth-order valence-electron chi connectivity index (χ4n) is 7.45. The van der Waals surface area contributed by atoms with E-state index in [1.807, 2.05) is 12.1 Å². The zero-order chi connectivity index (χ0) is 27.5. The molecule has 7 rings (SSSR count). The molecule has 3 aromatic rings. The maximum Gasteiger partial charge on any atom is 0.230 e. The molecule has 0 aliphatic heterocycles. The summed E-state index contributed by atoms with van der Waals surface area (Å²) in [5.74, 6) is -9.31. The number of carbonyl (C=O) groups excluding carboxylic acids is 1. The van der Waals surface area contributed by atoms with E-state index in [2.05, 4.69) is 10.3 Å². The van der Waals surface area contributed by atoms with E-state index < -0.39 is 47.0 Å². The van der Waals surface area contributed by atoms with Gasteiger partial charge < -0.3 is 11.1 Å². The van der Waals surface area contributed by atoms with Gasteiger partial charge in [-0.2, -0.15) is 0 Å². The number of nitrogens with two attached hydrogens (primary N) is 1. The first-order valence-corrected chi connectivity index (χ1v) is 13.1. The molecule has 1 amide bonds. The lowest BCUT2D eigenvalue weighted by atomic mass is 9.48. The Hall–Kier alpha value is -3.56. The molecule has 4 saturated carbocycles. The lowest BCUT2D eigenvalue weighted by Gasteiger charge is -2.57. The van der Waals surface area contributed by atoms with Gasteiger partial charge in [0.2, 0.25) is 11.7 Å². The Kier molecular flexibility index (Phi) is 6.31. The van der Waals surface area contributed by atoms with Gasteiger partial charge in [0, 0.05) is 16.8 Å². The van der Waals surface area contributed by atoms with Crippen LogP contribution in [0.4, 0.5) is 33.5 Å². The zero-order valence-corrected chi connectivity index (χ0v) is 21.0. The molecule has 5 nitrogen and oxygen atoms in total. The van der Waals surface area contributed by atoms with Crippen LogP contribution in [0, 0.1) is 52.3 Å². The minimum atomic E-state index is -2.27. The summed E-state index contributed by atoms with van der Waals surface area (Å²) in [5, 5.41) is 2.53. The molecule has 204 valence electrons. The highest BCUT2D eigenvalue weighted by Gasteiger charge is 2.51. The van der Waals surface area contributed by atoms with E-state index in [4.69, 9.17) is 10.7 Å².